The van der Waals surface area contributed by atoms with Crippen molar-refractivity contribution in [1.82, 2.24) is 20.6 Å². The Labute approximate surface area is 217 Å². The first-order chi connectivity index (χ1) is 18.6. The average molecular weight is 510 g/mol. The summed E-state index contributed by atoms with van der Waals surface area (Å²) >= 11 is 0. The van der Waals surface area contributed by atoms with Crippen LogP contribution >= 0.6 is 0 Å². The zero-order valence-electron chi connectivity index (χ0n) is 20.4. The van der Waals surface area contributed by atoms with Gasteiger partial charge in [-0.1, -0.05) is 30.3 Å². The van der Waals surface area contributed by atoms with Crippen LogP contribution in [-0.4, -0.2) is 35.7 Å². The van der Waals surface area contributed by atoms with Gasteiger partial charge in [0.2, 0.25) is 0 Å². The van der Waals surface area contributed by atoms with Crippen LogP contribution in [0.15, 0.2) is 84.3 Å². The van der Waals surface area contributed by atoms with Crippen molar-refractivity contribution < 1.29 is 23.8 Å². The number of imidazole rings is 1. The molecule has 3 N–H and O–H groups in total. The van der Waals surface area contributed by atoms with Crippen LogP contribution in [0.2, 0.25) is 0 Å². The molecule has 0 radical (unpaired) electrons. The minimum absolute atomic E-state index is 0.0568. The Morgan fingerprint density at radius 2 is 1.89 bits per heavy atom. The van der Waals surface area contributed by atoms with E-state index in [9.17, 15) is 14.9 Å². The van der Waals surface area contributed by atoms with Crippen molar-refractivity contribution in [2.75, 3.05) is 13.7 Å². The maximum Gasteiger partial charge on any atom is 0.338 e. The van der Waals surface area contributed by atoms with Crippen molar-refractivity contribution >= 4 is 23.0 Å². The van der Waals surface area contributed by atoms with Crippen molar-refractivity contribution in [2.24, 2.45) is 0 Å². The lowest BCUT2D eigenvalue weighted by atomic mass is 9.95. The van der Waals surface area contributed by atoms with Gasteiger partial charge >= 0.3 is 12.0 Å². The van der Waals surface area contributed by atoms with Crippen LogP contribution in [0.1, 0.15) is 22.7 Å². The molecule has 1 aliphatic heterocycles. The molecule has 0 fully saturated rings. The van der Waals surface area contributed by atoms with Crippen LogP contribution in [0.25, 0.3) is 11.0 Å². The Morgan fingerprint density at radius 3 is 2.71 bits per heavy atom. The summed E-state index contributed by atoms with van der Waals surface area (Å²) in [6.45, 7) is -0.177. The summed E-state index contributed by atoms with van der Waals surface area (Å²) in [5, 5.41) is 14.7. The summed E-state index contributed by atoms with van der Waals surface area (Å²) in [6.07, 6.45) is 1.57. The topological polar surface area (TPSA) is 138 Å². The third kappa shape index (κ3) is 5.12. The van der Waals surface area contributed by atoms with E-state index in [0.29, 0.717) is 28.2 Å². The number of para-hydroxylation sites is 2. The number of amides is 2. The maximum atomic E-state index is 13.5. The molecule has 5 rings (SSSR count). The fourth-order valence-electron chi connectivity index (χ4n) is 4.20. The number of hydrogen-bond donors (Lipinski definition) is 3. The first-order valence-corrected chi connectivity index (χ1v) is 11.7. The van der Waals surface area contributed by atoms with Gasteiger partial charge in [-0.2, -0.15) is 5.26 Å². The van der Waals surface area contributed by atoms with Gasteiger partial charge in [0.25, 0.3) is 0 Å². The van der Waals surface area contributed by atoms with E-state index in [4.69, 9.17) is 14.2 Å². The first-order valence-electron chi connectivity index (χ1n) is 11.7. The number of aromatic amines is 1. The predicted octanol–water partition coefficient (Wildman–Crippen LogP) is 3.87. The number of urea groups is 1. The Kier molecular flexibility index (Phi) is 6.91. The van der Waals surface area contributed by atoms with E-state index in [1.165, 1.54) is 7.11 Å². The Balaban J connectivity index is 1.49. The molecule has 1 aromatic heterocycles. The molecule has 1 atom stereocenters. The van der Waals surface area contributed by atoms with Crippen molar-refractivity contribution in [3.05, 3.63) is 101 Å². The number of aromatic nitrogens is 2. The molecule has 2 amide bonds. The molecule has 0 bridgehead atoms. The minimum atomic E-state index is -0.814. The van der Waals surface area contributed by atoms with E-state index >= 15 is 0 Å². The molecule has 1 unspecified atom stereocenters. The number of ether oxygens (including phenoxy) is 3. The van der Waals surface area contributed by atoms with E-state index in [-0.39, 0.29) is 24.5 Å². The smallest absolute Gasteiger partial charge is 0.338 e. The molecule has 1 aliphatic rings. The number of nitrogens with zero attached hydrogens (tertiary/aromatic N) is 2. The third-order valence-corrected chi connectivity index (χ3v) is 6.02. The highest BCUT2D eigenvalue weighted by Gasteiger charge is 2.34. The van der Waals surface area contributed by atoms with E-state index in [1.807, 2.05) is 12.1 Å². The number of methoxy groups -OCH3 is 1. The lowest BCUT2D eigenvalue weighted by Gasteiger charge is -2.29. The van der Waals surface area contributed by atoms with Crippen molar-refractivity contribution in [3.8, 4) is 17.6 Å². The van der Waals surface area contributed by atoms with Crippen LogP contribution in [-0.2, 0) is 16.1 Å². The molecule has 0 aliphatic carbocycles. The number of fused-ring (bicyclic) bond motifs is 1. The van der Waals surface area contributed by atoms with Gasteiger partial charge in [0.15, 0.2) is 11.5 Å². The highest BCUT2D eigenvalue weighted by Crippen LogP contribution is 2.31. The van der Waals surface area contributed by atoms with Gasteiger partial charge < -0.3 is 29.8 Å². The molecular weight excluding hydrogens is 486 g/mol. The number of rotatable bonds is 8. The largest absolute Gasteiger partial charge is 0.493 e. The van der Waals surface area contributed by atoms with Crippen molar-refractivity contribution in [1.29, 1.82) is 5.26 Å². The Bertz CT molecular complexity index is 1590. The average Bonchev–Trinajstić information content (AvgIpc) is 3.43. The predicted molar refractivity (Wildman–Crippen MR) is 137 cm³/mol. The number of esters is 1. The fourth-order valence-corrected chi connectivity index (χ4v) is 4.20. The van der Waals surface area contributed by atoms with E-state index < -0.39 is 18.0 Å². The number of carbonyl (C=O) groups excluding carboxylic acids is 2. The molecule has 2 heterocycles. The molecule has 4 aromatic rings. The monoisotopic (exact) mass is 509 g/mol. The highest BCUT2D eigenvalue weighted by molar-refractivity contribution is 5.95. The second-order valence-corrected chi connectivity index (χ2v) is 8.43. The highest BCUT2D eigenvalue weighted by atomic mass is 16.5. The summed E-state index contributed by atoms with van der Waals surface area (Å²) in [5.41, 5.74) is 3.72. The molecule has 10 nitrogen and oxygen atoms in total. The molecule has 0 saturated carbocycles. The van der Waals surface area contributed by atoms with Gasteiger partial charge in [0, 0.05) is 0 Å². The number of carbonyl (C=O) groups is 2. The van der Waals surface area contributed by atoms with Gasteiger partial charge in [-0.15, -0.1) is 0 Å². The van der Waals surface area contributed by atoms with Crippen molar-refractivity contribution in [2.45, 2.75) is 12.6 Å². The summed E-state index contributed by atoms with van der Waals surface area (Å²) in [5.74, 6) is 0.316. The lowest BCUT2D eigenvalue weighted by Crippen LogP contribution is -2.47. The zero-order valence-corrected chi connectivity index (χ0v) is 20.4. The maximum absolute atomic E-state index is 13.5. The third-order valence-electron chi connectivity index (χ3n) is 6.02. The molecule has 0 spiro atoms. The first kappa shape index (κ1) is 24.4. The zero-order chi connectivity index (χ0) is 26.5. The molecular formula is C28H23N5O5. The standard InChI is InChI=1S/C28H23N5O5/c1-36-23-7-2-3-8-24(23)37-15-22-25(27(34)38-14-18-6-4-5-17(11-18)13-29)26(33-28(35)32-22)19-9-10-20-21(12-19)31-16-30-20/h2-12,16,26H,14-15H2,1H3,(H,30,31)(H2,32,33,35). The fraction of sp³-hybridized carbons (Fsp3) is 0.143. The van der Waals surface area contributed by atoms with E-state index in [0.717, 1.165) is 11.0 Å². The number of benzene rings is 3. The number of nitriles is 1. The summed E-state index contributed by atoms with van der Waals surface area (Å²) in [6, 6.07) is 20.1. The minimum Gasteiger partial charge on any atom is -0.493 e. The van der Waals surface area contributed by atoms with Crippen LogP contribution in [0.3, 0.4) is 0 Å². The van der Waals surface area contributed by atoms with E-state index in [2.05, 4.69) is 26.7 Å². The summed E-state index contributed by atoms with van der Waals surface area (Å²) in [7, 11) is 1.53. The second kappa shape index (κ2) is 10.8. The quantitative estimate of drug-likeness (QED) is 0.307. The SMILES string of the molecule is COc1ccccc1OCC1=C(C(=O)OCc2cccc(C#N)c2)C(c2ccc3nc[nH]c3c2)NC(=O)N1. The van der Waals surface area contributed by atoms with Gasteiger partial charge in [0.05, 0.1) is 53.4 Å². The normalized spacial score (nSPS) is 14.8. The number of H-pyrrole nitrogens is 1. The second-order valence-electron chi connectivity index (χ2n) is 8.43. The molecule has 0 saturated heterocycles. The summed E-state index contributed by atoms with van der Waals surface area (Å²) in [4.78, 5) is 33.5. The Hall–Kier alpha value is -5.30. The van der Waals surface area contributed by atoms with Crippen LogP contribution in [0.4, 0.5) is 4.79 Å². The van der Waals surface area contributed by atoms with Crippen LogP contribution < -0.4 is 20.1 Å². The van der Waals surface area contributed by atoms with Gasteiger partial charge in [-0.25, -0.2) is 14.6 Å². The number of nitrogens with one attached hydrogen (secondary N) is 3. The summed E-state index contributed by atoms with van der Waals surface area (Å²) < 4.78 is 16.9. The van der Waals surface area contributed by atoms with Gasteiger partial charge in [-0.05, 0) is 47.5 Å². The van der Waals surface area contributed by atoms with Crippen LogP contribution in [0.5, 0.6) is 11.5 Å². The van der Waals surface area contributed by atoms with Gasteiger partial charge in [0.1, 0.15) is 13.2 Å². The molecule has 10 heteroatoms. The Morgan fingerprint density at radius 1 is 1.05 bits per heavy atom. The van der Waals surface area contributed by atoms with Crippen molar-refractivity contribution in [3.63, 3.8) is 0 Å². The lowest BCUT2D eigenvalue weighted by molar-refractivity contribution is -0.140. The molecule has 3 aromatic carbocycles. The van der Waals surface area contributed by atoms with Gasteiger partial charge in [-0.3, -0.25) is 0 Å². The molecule has 38 heavy (non-hydrogen) atoms. The van der Waals surface area contributed by atoms with E-state index in [1.54, 1.807) is 60.9 Å². The van der Waals surface area contributed by atoms with Crippen LogP contribution in [0, 0.1) is 11.3 Å². The number of hydrogen-bond acceptors (Lipinski definition) is 7. The molecule has 190 valence electrons.